The van der Waals surface area contributed by atoms with Crippen molar-refractivity contribution in [3.63, 3.8) is 0 Å². The summed E-state index contributed by atoms with van der Waals surface area (Å²) >= 11 is 12.4. The van der Waals surface area contributed by atoms with Crippen molar-refractivity contribution in [3.8, 4) is 0 Å². The van der Waals surface area contributed by atoms with E-state index in [-0.39, 0.29) is 27.2 Å². The fraction of sp³-hybridized carbons (Fsp3) is 0.400. The highest BCUT2D eigenvalue weighted by atomic mass is 35.5. The van der Waals surface area contributed by atoms with Gasteiger partial charge in [0, 0.05) is 37.8 Å². The number of carbonyl (C=O) groups is 2. The van der Waals surface area contributed by atoms with E-state index in [4.69, 9.17) is 33.1 Å². The maximum atomic E-state index is 14.5. The van der Waals surface area contributed by atoms with Crippen molar-refractivity contribution in [2.45, 2.75) is 38.9 Å². The minimum Gasteiger partial charge on any atom is -0.542 e. The highest BCUT2D eigenvalue weighted by Crippen LogP contribution is 2.28. The van der Waals surface area contributed by atoms with Crippen molar-refractivity contribution in [1.29, 1.82) is 0 Å². The molecule has 2 aromatic heterocycles. The molecule has 3 N–H and O–H groups in total. The maximum absolute atomic E-state index is 14.5. The summed E-state index contributed by atoms with van der Waals surface area (Å²) in [6.07, 6.45) is -2.26. The van der Waals surface area contributed by atoms with E-state index < -0.39 is 18.0 Å². The number of quaternary nitrogens is 1. The van der Waals surface area contributed by atoms with Gasteiger partial charge in [-0.05, 0) is 43.5 Å². The van der Waals surface area contributed by atoms with E-state index in [1.807, 2.05) is 0 Å². The summed E-state index contributed by atoms with van der Waals surface area (Å²) in [5, 5.41) is 11.6. The maximum Gasteiger partial charge on any atom is 0.430 e. The summed E-state index contributed by atoms with van der Waals surface area (Å²) < 4.78 is 47.6. The van der Waals surface area contributed by atoms with E-state index in [9.17, 15) is 27.2 Å². The first kappa shape index (κ1) is 30.5. The molecule has 0 spiro atoms. The quantitative estimate of drug-likeness (QED) is 0.410. The zero-order valence-electron chi connectivity index (χ0n) is 20.9. The van der Waals surface area contributed by atoms with Crippen LogP contribution in [0.25, 0.3) is 5.52 Å². The van der Waals surface area contributed by atoms with E-state index in [0.717, 1.165) is 18.5 Å². The number of benzene rings is 1. The van der Waals surface area contributed by atoms with Gasteiger partial charge in [-0.25, -0.2) is 4.39 Å². The number of nitrogens with zero attached hydrogens (tertiary/aromatic N) is 2. The number of carbonyl (C=O) groups excluding carboxylic acids is 2. The van der Waals surface area contributed by atoms with Gasteiger partial charge in [0.25, 0.3) is 11.5 Å². The Morgan fingerprint density at radius 3 is 2.46 bits per heavy atom. The largest absolute Gasteiger partial charge is 0.542 e. The van der Waals surface area contributed by atoms with Crippen LogP contribution in [0.5, 0.6) is 0 Å². The van der Waals surface area contributed by atoms with Gasteiger partial charge < -0.3 is 25.1 Å². The third kappa shape index (κ3) is 7.31. The highest BCUT2D eigenvalue weighted by Gasteiger charge is 2.34. The smallest absolute Gasteiger partial charge is 0.430 e. The molecule has 8 nitrogen and oxygen atoms in total. The molecule has 3 heterocycles. The lowest BCUT2D eigenvalue weighted by Crippen LogP contribution is -2.89. The zero-order valence-corrected chi connectivity index (χ0v) is 22.5. The Morgan fingerprint density at radius 1 is 1.23 bits per heavy atom. The average molecular weight is 593 g/mol. The summed E-state index contributed by atoms with van der Waals surface area (Å²) in [6, 6.07) is 6.54. The number of amides is 1. The number of nitrogens with one attached hydrogen (secondary N) is 1. The molecule has 3 aromatic rings. The lowest BCUT2D eigenvalue weighted by atomic mass is 9.92. The molecule has 39 heavy (non-hydrogen) atoms. The van der Waals surface area contributed by atoms with E-state index in [1.165, 1.54) is 12.1 Å². The topological polar surface area (TPSA) is 114 Å². The number of hydrogen-bond acceptors (Lipinski definition) is 4. The van der Waals surface area contributed by atoms with Crippen LogP contribution in [-0.2, 0) is 11.2 Å². The van der Waals surface area contributed by atoms with Crippen molar-refractivity contribution < 1.29 is 37.6 Å². The molecule has 1 fully saturated rings. The summed E-state index contributed by atoms with van der Waals surface area (Å²) in [6.45, 7) is 6.66. The second kappa shape index (κ2) is 12.4. The van der Waals surface area contributed by atoms with Crippen molar-refractivity contribution in [2.24, 2.45) is 5.92 Å². The minimum absolute atomic E-state index is 0.0615. The standard InChI is InChI=1S/C23H25Cl2FN4O2.C2HF3O2/c1-3-27-13(2)6-15-11-29(12-15)23(32)17-8-14(4-5-19(17)26)7-16-10-28-22(31)20-9-18(24)21(25)30(16)20;3-2(4,5)1(6)7/h4-5,8-10,13,15,27H,3,6-7,11-12H2,1-2H3,(H,28,31);(H,6,7). The number of aromatic amines is 1. The number of likely N-dealkylation sites (tertiary alicyclic amines) is 1. The first-order chi connectivity index (χ1) is 18.2. The number of rotatable bonds is 7. The summed E-state index contributed by atoms with van der Waals surface area (Å²) in [4.78, 5) is 38.2. The second-order valence-electron chi connectivity index (χ2n) is 9.32. The van der Waals surface area contributed by atoms with Crippen LogP contribution < -0.4 is 16.0 Å². The molecule has 0 saturated carbocycles. The number of halogens is 6. The van der Waals surface area contributed by atoms with Crippen LogP contribution in [0.4, 0.5) is 17.6 Å². The van der Waals surface area contributed by atoms with Gasteiger partial charge in [-0.2, -0.15) is 13.2 Å². The first-order valence-corrected chi connectivity index (χ1v) is 12.7. The van der Waals surface area contributed by atoms with Gasteiger partial charge in [-0.15, -0.1) is 0 Å². The number of hydrogen-bond donors (Lipinski definition) is 2. The number of H-pyrrole nitrogens is 1. The minimum atomic E-state index is -5.19. The third-order valence-electron chi connectivity index (χ3n) is 6.25. The Morgan fingerprint density at radius 2 is 1.87 bits per heavy atom. The van der Waals surface area contributed by atoms with Crippen molar-refractivity contribution >= 4 is 40.6 Å². The molecule has 1 amide bonds. The first-order valence-electron chi connectivity index (χ1n) is 12.0. The fourth-order valence-electron chi connectivity index (χ4n) is 4.46. The van der Waals surface area contributed by atoms with Crippen LogP contribution in [-0.4, -0.2) is 58.0 Å². The molecule has 0 radical (unpaired) electrons. The van der Waals surface area contributed by atoms with E-state index in [1.54, 1.807) is 27.6 Å². The average Bonchev–Trinajstić information content (AvgIpc) is 3.14. The number of fused-ring (bicyclic) bond motifs is 1. The Hall–Kier alpha value is -3.09. The van der Waals surface area contributed by atoms with Crippen LogP contribution in [0.15, 0.2) is 35.3 Å². The fourth-order valence-corrected chi connectivity index (χ4v) is 4.90. The summed E-state index contributed by atoms with van der Waals surface area (Å²) in [5.74, 6) is -3.38. The summed E-state index contributed by atoms with van der Waals surface area (Å²) in [7, 11) is 0. The molecule has 0 bridgehead atoms. The third-order valence-corrected chi connectivity index (χ3v) is 7.01. The van der Waals surface area contributed by atoms with Gasteiger partial charge in [0.1, 0.15) is 22.5 Å². The van der Waals surface area contributed by atoms with Crippen LogP contribution in [0, 0.1) is 11.7 Å². The number of carboxylic acids is 1. The predicted octanol–water partition coefficient (Wildman–Crippen LogP) is 2.40. The number of carboxylic acid groups (broad SMARTS) is 1. The highest BCUT2D eigenvalue weighted by molar-refractivity contribution is 6.42. The van der Waals surface area contributed by atoms with Crippen LogP contribution in [0.3, 0.4) is 0 Å². The van der Waals surface area contributed by atoms with Gasteiger partial charge in [0.2, 0.25) is 0 Å². The van der Waals surface area contributed by atoms with E-state index >= 15 is 0 Å². The Balaban J connectivity index is 0.000000532. The Labute approximate surface area is 230 Å². The van der Waals surface area contributed by atoms with Crippen molar-refractivity contribution in [3.05, 3.63) is 73.6 Å². The molecular weight excluding hydrogens is 567 g/mol. The second-order valence-corrected chi connectivity index (χ2v) is 10.1. The van der Waals surface area contributed by atoms with Gasteiger partial charge in [-0.1, -0.05) is 29.3 Å². The lowest BCUT2D eigenvalue weighted by Gasteiger charge is -2.40. The molecule has 14 heteroatoms. The van der Waals surface area contributed by atoms with E-state index in [2.05, 4.69) is 24.1 Å². The molecule has 1 aliphatic heterocycles. The molecule has 1 aliphatic rings. The zero-order chi connectivity index (χ0) is 29.1. The van der Waals surface area contributed by atoms with E-state index in [0.29, 0.717) is 42.7 Å². The van der Waals surface area contributed by atoms with Crippen LogP contribution in [0.2, 0.25) is 10.2 Å². The van der Waals surface area contributed by atoms with Gasteiger partial charge in [-0.3, -0.25) is 14.0 Å². The van der Waals surface area contributed by atoms with Crippen molar-refractivity contribution in [1.82, 2.24) is 14.3 Å². The van der Waals surface area contributed by atoms with Crippen LogP contribution in [0.1, 0.15) is 41.9 Å². The molecule has 0 aliphatic carbocycles. The number of aromatic nitrogens is 2. The Bertz CT molecular complexity index is 1420. The lowest BCUT2D eigenvalue weighted by molar-refractivity contribution is -0.684. The molecular formula is C25H26Cl2F4N4O4. The van der Waals surface area contributed by atoms with Gasteiger partial charge >= 0.3 is 6.18 Å². The number of alkyl halides is 3. The Kier molecular flexibility index (Phi) is 9.68. The number of aliphatic carboxylic acids is 1. The molecule has 4 rings (SSSR count). The number of nitrogens with two attached hydrogens (primary N) is 1. The molecule has 1 saturated heterocycles. The predicted molar refractivity (Wildman–Crippen MR) is 134 cm³/mol. The van der Waals surface area contributed by atoms with Gasteiger partial charge in [0.15, 0.2) is 0 Å². The molecule has 1 unspecified atom stereocenters. The normalized spacial score (nSPS) is 14.5. The summed E-state index contributed by atoms with van der Waals surface area (Å²) in [5.41, 5.74) is 1.48. The van der Waals surface area contributed by atoms with Gasteiger partial charge in [0.05, 0.1) is 23.2 Å². The van der Waals surface area contributed by atoms with Crippen LogP contribution >= 0.6 is 23.2 Å². The SMILES string of the molecule is CC[NH2+]C(C)CC1CN(C(=O)c2cc(Cc3c[nH]c(=O)c4cc(Cl)c(Cl)n34)ccc2F)C1.O=C([O-])C(F)(F)F. The molecule has 1 aromatic carbocycles. The van der Waals surface area contributed by atoms with Crippen molar-refractivity contribution in [2.75, 3.05) is 19.6 Å². The molecule has 212 valence electrons. The molecule has 1 atom stereocenters. The monoisotopic (exact) mass is 592 g/mol.